The van der Waals surface area contributed by atoms with Crippen LogP contribution in [0.4, 0.5) is 11.4 Å². The fourth-order valence-electron chi connectivity index (χ4n) is 3.43. The van der Waals surface area contributed by atoms with Crippen molar-refractivity contribution >= 4 is 27.1 Å². The van der Waals surface area contributed by atoms with Crippen LogP contribution in [0.5, 0.6) is 0 Å². The van der Waals surface area contributed by atoms with Crippen LogP contribution in [0.3, 0.4) is 0 Å². The van der Waals surface area contributed by atoms with Crippen LogP contribution in [0.25, 0.3) is 0 Å². The number of benzene rings is 1. The summed E-state index contributed by atoms with van der Waals surface area (Å²) in [6, 6.07) is 3.88. The number of allylic oxidation sites excluding steroid dienone is 2. The Morgan fingerprint density at radius 1 is 1.35 bits per heavy atom. The van der Waals surface area contributed by atoms with Gasteiger partial charge in [-0.1, -0.05) is 26.0 Å². The molecule has 2 aliphatic rings. The first-order chi connectivity index (χ1) is 12.4. The largest absolute Gasteiger partial charge is 0.295 e. The summed E-state index contributed by atoms with van der Waals surface area (Å²) in [5.74, 6) is 0.927. The summed E-state index contributed by atoms with van der Waals surface area (Å²) in [6.45, 7) is 4.06. The van der Waals surface area contributed by atoms with E-state index < -0.39 is 14.9 Å². The molecule has 1 aromatic carbocycles. The van der Waals surface area contributed by atoms with Gasteiger partial charge in [0.1, 0.15) is 5.69 Å². The first-order valence-corrected chi connectivity index (χ1v) is 10.1. The van der Waals surface area contributed by atoms with Crippen LogP contribution >= 0.6 is 0 Å². The Morgan fingerprint density at radius 2 is 2.08 bits per heavy atom. The molecule has 0 amide bonds. The SMILES string of the molecule is CCN(CC)S(=O)(=O)c1ccc(N/N=C2/C[C@H]3C=CC[C@@H]23)c([N+](=O)[O-])c1. The smallest absolute Gasteiger partial charge is 0.272 e. The Balaban J connectivity index is 1.86. The number of nitrogens with zero attached hydrogens (tertiary/aromatic N) is 3. The van der Waals surface area contributed by atoms with E-state index in [1.807, 2.05) is 0 Å². The molecule has 0 bridgehead atoms. The summed E-state index contributed by atoms with van der Waals surface area (Å²) in [5.41, 5.74) is 3.64. The zero-order valence-electron chi connectivity index (χ0n) is 14.8. The highest BCUT2D eigenvalue weighted by Crippen LogP contribution is 2.40. The summed E-state index contributed by atoms with van der Waals surface area (Å²) in [5, 5.41) is 15.7. The number of nitro groups is 1. The van der Waals surface area contributed by atoms with E-state index >= 15 is 0 Å². The Morgan fingerprint density at radius 3 is 2.69 bits per heavy atom. The third kappa shape index (κ3) is 3.24. The molecular weight excluding hydrogens is 356 g/mol. The van der Waals surface area contributed by atoms with Crippen molar-refractivity contribution in [2.45, 2.75) is 31.6 Å². The summed E-state index contributed by atoms with van der Waals surface area (Å²) in [6.07, 6.45) is 6.12. The van der Waals surface area contributed by atoms with Gasteiger partial charge in [-0.15, -0.1) is 0 Å². The number of rotatable bonds is 7. The third-order valence-corrected chi connectivity index (χ3v) is 7.04. The van der Waals surface area contributed by atoms with E-state index in [1.165, 1.54) is 16.4 Å². The average Bonchev–Trinajstić information content (AvgIpc) is 2.96. The van der Waals surface area contributed by atoms with Crippen LogP contribution in [0.15, 0.2) is 40.3 Å². The van der Waals surface area contributed by atoms with Crippen molar-refractivity contribution in [2.75, 3.05) is 18.5 Å². The predicted molar refractivity (Wildman–Crippen MR) is 99.6 cm³/mol. The number of nitro benzene ring substituents is 1. The van der Waals surface area contributed by atoms with Crippen molar-refractivity contribution in [2.24, 2.45) is 16.9 Å². The van der Waals surface area contributed by atoms with Gasteiger partial charge in [0.05, 0.1) is 9.82 Å². The molecule has 1 fully saturated rings. The molecule has 1 aromatic rings. The predicted octanol–water partition coefficient (Wildman–Crippen LogP) is 2.99. The lowest BCUT2D eigenvalue weighted by atomic mass is 9.74. The molecule has 9 heteroatoms. The first kappa shape index (κ1) is 18.5. The van der Waals surface area contributed by atoms with Crippen molar-refractivity contribution in [1.82, 2.24) is 4.31 Å². The van der Waals surface area contributed by atoms with Crippen LogP contribution in [0.2, 0.25) is 0 Å². The minimum absolute atomic E-state index is 0.0881. The molecule has 1 saturated carbocycles. The lowest BCUT2D eigenvalue weighted by Crippen LogP contribution is -2.33. The normalized spacial score (nSPS) is 23.1. The molecule has 0 spiro atoms. The minimum atomic E-state index is -3.75. The molecule has 1 N–H and O–H groups in total. The molecule has 0 unspecified atom stereocenters. The highest BCUT2D eigenvalue weighted by molar-refractivity contribution is 7.89. The monoisotopic (exact) mass is 378 g/mol. The van der Waals surface area contributed by atoms with E-state index in [2.05, 4.69) is 22.7 Å². The Labute approximate surface area is 152 Å². The maximum absolute atomic E-state index is 12.6. The lowest BCUT2D eigenvalue weighted by molar-refractivity contribution is -0.384. The van der Waals surface area contributed by atoms with Crippen LogP contribution in [0.1, 0.15) is 26.7 Å². The van der Waals surface area contributed by atoms with E-state index in [0.29, 0.717) is 24.9 Å². The molecule has 2 aliphatic carbocycles. The van der Waals surface area contributed by atoms with E-state index in [9.17, 15) is 18.5 Å². The maximum Gasteiger partial charge on any atom is 0.295 e. The van der Waals surface area contributed by atoms with E-state index in [4.69, 9.17) is 0 Å². The van der Waals surface area contributed by atoms with Crippen molar-refractivity contribution in [3.05, 3.63) is 40.5 Å². The molecular formula is C17H22N4O4S. The molecule has 0 aromatic heterocycles. The second-order valence-electron chi connectivity index (χ2n) is 6.38. The van der Waals surface area contributed by atoms with E-state index in [1.54, 1.807) is 13.8 Å². The Hall–Kier alpha value is -2.26. The van der Waals surface area contributed by atoms with Crippen LogP contribution in [-0.2, 0) is 10.0 Å². The fraction of sp³-hybridized carbons (Fsp3) is 0.471. The summed E-state index contributed by atoms with van der Waals surface area (Å²) in [4.78, 5) is 10.7. The highest BCUT2D eigenvalue weighted by atomic mass is 32.2. The Kier molecular flexibility index (Phi) is 5.10. The van der Waals surface area contributed by atoms with Crippen LogP contribution < -0.4 is 5.43 Å². The molecule has 2 atom stereocenters. The zero-order valence-corrected chi connectivity index (χ0v) is 15.6. The lowest BCUT2D eigenvalue weighted by Gasteiger charge is -2.31. The second kappa shape index (κ2) is 7.16. The van der Waals surface area contributed by atoms with Gasteiger partial charge in [-0.05, 0) is 30.9 Å². The molecule has 0 aliphatic heterocycles. The molecule has 0 saturated heterocycles. The van der Waals surface area contributed by atoms with Crippen molar-refractivity contribution in [3.63, 3.8) is 0 Å². The van der Waals surface area contributed by atoms with Gasteiger partial charge in [-0.3, -0.25) is 15.5 Å². The molecule has 0 heterocycles. The summed E-state index contributed by atoms with van der Waals surface area (Å²) in [7, 11) is -3.75. The topological polar surface area (TPSA) is 105 Å². The third-order valence-electron chi connectivity index (χ3n) is 4.99. The number of sulfonamides is 1. The van der Waals surface area contributed by atoms with Gasteiger partial charge in [0.15, 0.2) is 0 Å². The van der Waals surface area contributed by atoms with Gasteiger partial charge in [0.25, 0.3) is 5.69 Å². The van der Waals surface area contributed by atoms with E-state index in [-0.39, 0.29) is 16.3 Å². The molecule has 8 nitrogen and oxygen atoms in total. The zero-order chi connectivity index (χ0) is 18.9. The van der Waals surface area contributed by atoms with Gasteiger partial charge >= 0.3 is 0 Å². The molecule has 140 valence electrons. The van der Waals surface area contributed by atoms with Crippen LogP contribution in [-0.4, -0.2) is 36.4 Å². The summed E-state index contributed by atoms with van der Waals surface area (Å²) < 4.78 is 26.4. The van der Waals surface area contributed by atoms with Gasteiger partial charge in [-0.25, -0.2) is 8.42 Å². The average molecular weight is 378 g/mol. The quantitative estimate of drug-likeness (QED) is 0.446. The summed E-state index contributed by atoms with van der Waals surface area (Å²) >= 11 is 0. The minimum Gasteiger partial charge on any atom is -0.272 e. The van der Waals surface area contributed by atoms with Gasteiger partial charge in [0.2, 0.25) is 10.0 Å². The number of hydrazone groups is 1. The first-order valence-electron chi connectivity index (χ1n) is 8.66. The van der Waals surface area contributed by atoms with Crippen LogP contribution in [0, 0.1) is 22.0 Å². The number of hydrogen-bond donors (Lipinski definition) is 1. The number of nitrogens with one attached hydrogen (secondary N) is 1. The standard InChI is InChI=1S/C17H22N4O4S/c1-3-20(4-2)26(24,25)13-8-9-15(17(11-13)21(22)23)18-19-16-10-12-6-5-7-14(12)16/h5-6,8-9,11-12,14,18H,3-4,7,10H2,1-2H3/b19-16-/t12-,14-/m1/s1. The fourth-order valence-corrected chi connectivity index (χ4v) is 4.90. The molecule has 26 heavy (non-hydrogen) atoms. The second-order valence-corrected chi connectivity index (χ2v) is 8.32. The van der Waals surface area contributed by atoms with Crippen molar-refractivity contribution in [3.8, 4) is 0 Å². The van der Waals surface area contributed by atoms with Crippen molar-refractivity contribution in [1.29, 1.82) is 0 Å². The van der Waals surface area contributed by atoms with Gasteiger partial charge in [-0.2, -0.15) is 9.41 Å². The van der Waals surface area contributed by atoms with Gasteiger partial charge < -0.3 is 0 Å². The molecule has 0 radical (unpaired) electrons. The van der Waals surface area contributed by atoms with E-state index in [0.717, 1.165) is 24.6 Å². The highest BCUT2D eigenvalue weighted by Gasteiger charge is 2.38. The van der Waals surface area contributed by atoms with Gasteiger partial charge in [0, 0.05) is 30.8 Å². The number of anilines is 1. The Bertz CT molecular complexity index is 875. The number of fused-ring (bicyclic) bond motifs is 1. The van der Waals surface area contributed by atoms with Crippen molar-refractivity contribution < 1.29 is 13.3 Å². The maximum atomic E-state index is 12.6. The number of hydrogen-bond acceptors (Lipinski definition) is 6. The molecule has 3 rings (SSSR count).